The van der Waals surface area contributed by atoms with Crippen molar-refractivity contribution < 1.29 is 19.0 Å². The summed E-state index contributed by atoms with van der Waals surface area (Å²) in [5, 5.41) is 0. The molecule has 0 aromatic heterocycles. The lowest BCUT2D eigenvalue weighted by molar-refractivity contribution is 0.103. The molecule has 0 spiro atoms. The number of ketones is 1. The molecule has 5 rings (SSSR count). The third kappa shape index (κ3) is 6.68. The van der Waals surface area contributed by atoms with E-state index in [0.717, 1.165) is 22.4 Å². The number of carbonyl (C=O) groups is 1. The normalized spacial score (nSPS) is 10.5. The van der Waals surface area contributed by atoms with Crippen LogP contribution in [0, 0.1) is 6.07 Å². The van der Waals surface area contributed by atoms with Crippen LogP contribution in [0.15, 0.2) is 127 Å². The summed E-state index contributed by atoms with van der Waals surface area (Å²) in [6.07, 6.45) is 0. The number of hydrogen-bond acceptors (Lipinski definition) is 4. The summed E-state index contributed by atoms with van der Waals surface area (Å²) >= 11 is 0. The highest BCUT2D eigenvalue weighted by Crippen LogP contribution is 2.24. The van der Waals surface area contributed by atoms with Crippen LogP contribution in [-0.2, 0) is 19.8 Å². The average molecular weight is 500 g/mol. The van der Waals surface area contributed by atoms with Gasteiger partial charge in [-0.2, -0.15) is 0 Å². The van der Waals surface area contributed by atoms with Crippen molar-refractivity contribution in [1.82, 2.24) is 0 Å². The topological polar surface area (TPSA) is 44.8 Å². The Balaban J connectivity index is 1.18. The lowest BCUT2D eigenvalue weighted by Gasteiger charge is -2.12. The van der Waals surface area contributed by atoms with Crippen molar-refractivity contribution in [2.45, 2.75) is 19.8 Å². The number of benzene rings is 5. The molecule has 187 valence electrons. The Bertz CT molecular complexity index is 1460. The van der Waals surface area contributed by atoms with Crippen LogP contribution in [0.5, 0.6) is 17.2 Å². The maximum atomic E-state index is 13.2. The van der Waals surface area contributed by atoms with Crippen LogP contribution in [0.4, 0.5) is 0 Å². The third-order valence-electron chi connectivity index (χ3n) is 5.95. The molecule has 4 nitrogen and oxygen atoms in total. The van der Waals surface area contributed by atoms with Crippen LogP contribution < -0.4 is 14.2 Å². The molecule has 0 bridgehead atoms. The second-order valence-electron chi connectivity index (χ2n) is 8.75. The van der Waals surface area contributed by atoms with Gasteiger partial charge >= 0.3 is 0 Å². The predicted octanol–water partition coefficient (Wildman–Crippen LogP) is 7.45. The van der Waals surface area contributed by atoms with E-state index >= 15 is 0 Å². The van der Waals surface area contributed by atoms with Crippen LogP contribution in [-0.4, -0.2) is 5.78 Å². The minimum Gasteiger partial charge on any atom is -0.489 e. The van der Waals surface area contributed by atoms with Crippen LogP contribution >= 0.6 is 0 Å². The summed E-state index contributed by atoms with van der Waals surface area (Å²) in [5.41, 5.74) is 4.09. The van der Waals surface area contributed by atoms with E-state index in [1.165, 1.54) is 0 Å². The lowest BCUT2D eigenvalue weighted by atomic mass is 10.0. The zero-order valence-corrected chi connectivity index (χ0v) is 20.9. The number of carbonyl (C=O) groups excluding carboxylic acids is 1. The van der Waals surface area contributed by atoms with Gasteiger partial charge in [0.05, 0.1) is 5.56 Å². The van der Waals surface area contributed by atoms with Crippen molar-refractivity contribution >= 4 is 5.78 Å². The van der Waals surface area contributed by atoms with Gasteiger partial charge < -0.3 is 14.2 Å². The van der Waals surface area contributed by atoms with Gasteiger partial charge in [0.1, 0.15) is 37.1 Å². The Morgan fingerprint density at radius 2 is 1.16 bits per heavy atom. The number of ether oxygens (including phenoxy) is 3. The second kappa shape index (κ2) is 12.4. The van der Waals surface area contributed by atoms with E-state index in [1.807, 2.05) is 91.0 Å². The van der Waals surface area contributed by atoms with E-state index < -0.39 is 0 Å². The molecule has 38 heavy (non-hydrogen) atoms. The molecular formula is C34H27O4. The largest absolute Gasteiger partial charge is 0.489 e. The molecule has 5 aromatic rings. The maximum Gasteiger partial charge on any atom is 0.197 e. The standard InChI is InChI=1S/C34H27O4/c35-34(32-16-7-8-17-33(32)38-24-27-12-5-2-6-13-27)29-18-20-30(21-19-29)36-25-28-14-9-15-31(22-28)37-23-26-10-3-1-4-11-26/h1-15,17-22H,23-25H2. The first-order chi connectivity index (χ1) is 18.7. The van der Waals surface area contributed by atoms with Crippen LogP contribution in [0.1, 0.15) is 32.6 Å². The summed E-state index contributed by atoms with van der Waals surface area (Å²) in [5.74, 6) is 1.83. The molecule has 4 heteroatoms. The second-order valence-corrected chi connectivity index (χ2v) is 8.75. The first-order valence-electron chi connectivity index (χ1n) is 12.5. The van der Waals surface area contributed by atoms with Crippen molar-refractivity contribution in [3.63, 3.8) is 0 Å². The molecule has 0 saturated carbocycles. The van der Waals surface area contributed by atoms with Gasteiger partial charge in [-0.3, -0.25) is 4.79 Å². The predicted molar refractivity (Wildman–Crippen MR) is 147 cm³/mol. The molecule has 0 atom stereocenters. The van der Waals surface area contributed by atoms with Gasteiger partial charge in [-0.25, -0.2) is 0 Å². The van der Waals surface area contributed by atoms with E-state index in [9.17, 15) is 4.79 Å². The van der Waals surface area contributed by atoms with Gasteiger partial charge in [-0.1, -0.05) is 84.9 Å². The Morgan fingerprint density at radius 1 is 0.553 bits per heavy atom. The van der Waals surface area contributed by atoms with E-state index in [2.05, 4.69) is 6.07 Å². The molecular weight excluding hydrogens is 472 g/mol. The van der Waals surface area contributed by atoms with Crippen molar-refractivity contribution in [1.29, 1.82) is 0 Å². The molecule has 0 heterocycles. The number of rotatable bonds is 11. The van der Waals surface area contributed by atoms with E-state index in [4.69, 9.17) is 14.2 Å². The zero-order valence-electron chi connectivity index (χ0n) is 20.9. The quantitative estimate of drug-likeness (QED) is 0.177. The molecule has 0 fully saturated rings. The smallest absolute Gasteiger partial charge is 0.197 e. The zero-order chi connectivity index (χ0) is 26.0. The fraction of sp³-hybridized carbons (Fsp3) is 0.0882. The Morgan fingerprint density at radius 3 is 1.87 bits per heavy atom. The molecule has 0 amide bonds. The minimum atomic E-state index is -0.150. The van der Waals surface area contributed by atoms with Crippen LogP contribution in [0.2, 0.25) is 0 Å². The van der Waals surface area contributed by atoms with E-state index in [1.54, 1.807) is 36.4 Å². The van der Waals surface area contributed by atoms with Gasteiger partial charge in [0.15, 0.2) is 5.78 Å². The van der Waals surface area contributed by atoms with Crippen molar-refractivity contribution in [2.75, 3.05) is 0 Å². The summed E-state index contributed by atoms with van der Waals surface area (Å²) in [4.78, 5) is 13.2. The van der Waals surface area contributed by atoms with Crippen molar-refractivity contribution in [2.24, 2.45) is 0 Å². The van der Waals surface area contributed by atoms with E-state index in [-0.39, 0.29) is 5.78 Å². The fourth-order valence-corrected chi connectivity index (χ4v) is 3.93. The van der Waals surface area contributed by atoms with Crippen LogP contribution in [0.3, 0.4) is 0 Å². The van der Waals surface area contributed by atoms with E-state index in [0.29, 0.717) is 42.4 Å². The Hall–Kier alpha value is -4.83. The van der Waals surface area contributed by atoms with Gasteiger partial charge in [0.2, 0.25) is 0 Å². The molecule has 0 aliphatic heterocycles. The molecule has 0 aliphatic carbocycles. The Labute approximate surface area is 223 Å². The molecule has 1 radical (unpaired) electrons. The van der Waals surface area contributed by atoms with Gasteiger partial charge in [-0.15, -0.1) is 0 Å². The molecule has 0 aliphatic rings. The minimum absolute atomic E-state index is 0.150. The molecule has 0 saturated heterocycles. The average Bonchev–Trinajstić information content (AvgIpc) is 2.99. The summed E-state index contributed by atoms with van der Waals surface area (Å²) in [7, 11) is 0. The highest BCUT2D eigenvalue weighted by atomic mass is 16.5. The highest BCUT2D eigenvalue weighted by molar-refractivity contribution is 6.10. The van der Waals surface area contributed by atoms with Gasteiger partial charge in [0, 0.05) is 5.56 Å². The molecule has 0 N–H and O–H groups in total. The summed E-state index contributed by atoms with van der Waals surface area (Å²) in [6, 6.07) is 43.3. The summed E-state index contributed by atoms with van der Waals surface area (Å²) < 4.78 is 17.8. The maximum absolute atomic E-state index is 13.2. The third-order valence-corrected chi connectivity index (χ3v) is 5.95. The highest BCUT2D eigenvalue weighted by Gasteiger charge is 2.15. The SMILES string of the molecule is O=C(c1ccc(OCc2cccc(OCc3ccccc3)c2)cc1)c1[c]cccc1OCc1ccccc1. The first-order valence-corrected chi connectivity index (χ1v) is 12.5. The van der Waals surface area contributed by atoms with Gasteiger partial charge in [-0.05, 0) is 65.2 Å². The van der Waals surface area contributed by atoms with Gasteiger partial charge in [0.25, 0.3) is 0 Å². The van der Waals surface area contributed by atoms with Crippen LogP contribution in [0.25, 0.3) is 0 Å². The number of hydrogen-bond donors (Lipinski definition) is 0. The first kappa shape index (κ1) is 24.8. The van der Waals surface area contributed by atoms with Crippen molar-refractivity contribution in [3.8, 4) is 17.2 Å². The lowest BCUT2D eigenvalue weighted by Crippen LogP contribution is -2.06. The Kier molecular flexibility index (Phi) is 8.12. The summed E-state index contributed by atoms with van der Waals surface area (Å²) in [6.45, 7) is 1.28. The molecule has 5 aromatic carbocycles. The monoisotopic (exact) mass is 499 g/mol. The van der Waals surface area contributed by atoms with Crippen molar-refractivity contribution in [3.05, 3.63) is 161 Å². The molecule has 0 unspecified atom stereocenters. The fourth-order valence-electron chi connectivity index (χ4n) is 3.93.